The van der Waals surface area contributed by atoms with Gasteiger partial charge in [0.15, 0.2) is 17.4 Å². The topological polar surface area (TPSA) is 78.7 Å². The first-order valence-electron chi connectivity index (χ1n) is 9.65. The lowest BCUT2D eigenvalue weighted by molar-refractivity contribution is 0.189. The standard InChI is InChI=1S/C21H18F2N4O4/c1-12-2-3-15(7-24-12)31-20-16(22)4-13(5-17(20)23)9-30-18-6-19-26(21(28)25-18)8-14-10-29-11-27(14)19/h2-7,14H,8-11H2,1H3/t14-/m1/s1. The van der Waals surface area contributed by atoms with Gasteiger partial charge in [0.05, 0.1) is 25.4 Å². The molecule has 0 amide bonds. The first kappa shape index (κ1) is 19.4. The Labute approximate surface area is 175 Å². The molecule has 0 N–H and O–H groups in total. The molecule has 0 bridgehead atoms. The van der Waals surface area contributed by atoms with Gasteiger partial charge in [-0.15, -0.1) is 0 Å². The van der Waals surface area contributed by atoms with Crippen molar-refractivity contribution >= 4 is 5.82 Å². The smallest absolute Gasteiger partial charge is 0.352 e. The highest BCUT2D eigenvalue weighted by molar-refractivity contribution is 5.47. The molecular weight excluding hydrogens is 410 g/mol. The number of fused-ring (bicyclic) bond motifs is 3. The molecule has 10 heteroatoms. The van der Waals surface area contributed by atoms with E-state index in [1.165, 1.54) is 6.20 Å². The van der Waals surface area contributed by atoms with Crippen molar-refractivity contribution in [3.63, 3.8) is 0 Å². The fourth-order valence-electron chi connectivity index (χ4n) is 3.64. The lowest BCUT2D eigenvalue weighted by Gasteiger charge is -2.15. The molecule has 160 valence electrons. The zero-order chi connectivity index (χ0) is 21.5. The largest absolute Gasteiger partial charge is 0.473 e. The van der Waals surface area contributed by atoms with Crippen LogP contribution < -0.4 is 20.1 Å². The summed E-state index contributed by atoms with van der Waals surface area (Å²) in [6.45, 7) is 3.07. The second kappa shape index (κ2) is 7.62. The van der Waals surface area contributed by atoms with Gasteiger partial charge in [-0.25, -0.2) is 13.6 Å². The highest BCUT2D eigenvalue weighted by Gasteiger charge is 2.35. The summed E-state index contributed by atoms with van der Waals surface area (Å²) in [5.74, 6) is -1.32. The van der Waals surface area contributed by atoms with E-state index in [0.717, 1.165) is 17.8 Å². The molecule has 0 aliphatic carbocycles. The van der Waals surface area contributed by atoms with Gasteiger partial charge in [0.25, 0.3) is 0 Å². The minimum absolute atomic E-state index is 0.0793. The Morgan fingerprint density at radius 3 is 2.77 bits per heavy atom. The number of ether oxygens (including phenoxy) is 3. The molecule has 3 aromatic rings. The minimum Gasteiger partial charge on any atom is -0.473 e. The number of aryl methyl sites for hydroxylation is 1. The molecule has 0 spiro atoms. The molecule has 8 nitrogen and oxygen atoms in total. The van der Waals surface area contributed by atoms with Crippen LogP contribution >= 0.6 is 0 Å². The number of benzene rings is 1. The highest BCUT2D eigenvalue weighted by Crippen LogP contribution is 2.31. The van der Waals surface area contributed by atoms with Gasteiger partial charge in [0, 0.05) is 11.8 Å². The van der Waals surface area contributed by atoms with E-state index in [-0.39, 0.29) is 29.8 Å². The van der Waals surface area contributed by atoms with Gasteiger partial charge in [-0.05, 0) is 36.8 Å². The molecule has 1 fully saturated rings. The third kappa shape index (κ3) is 3.70. The Kier molecular flexibility index (Phi) is 4.78. The normalized spacial score (nSPS) is 16.9. The predicted octanol–water partition coefficient (Wildman–Crippen LogP) is 2.77. The number of rotatable bonds is 5. The summed E-state index contributed by atoms with van der Waals surface area (Å²) >= 11 is 0. The zero-order valence-electron chi connectivity index (χ0n) is 16.5. The Bertz CT molecular complexity index is 1180. The van der Waals surface area contributed by atoms with Crippen molar-refractivity contribution in [1.29, 1.82) is 0 Å². The molecule has 4 heterocycles. The van der Waals surface area contributed by atoms with Crippen LogP contribution in [-0.4, -0.2) is 33.9 Å². The predicted molar refractivity (Wildman–Crippen MR) is 105 cm³/mol. The summed E-state index contributed by atoms with van der Waals surface area (Å²) in [5.41, 5.74) is 0.553. The van der Waals surface area contributed by atoms with Crippen molar-refractivity contribution in [2.24, 2.45) is 0 Å². The van der Waals surface area contributed by atoms with E-state index in [2.05, 4.69) is 9.97 Å². The van der Waals surface area contributed by atoms with E-state index >= 15 is 0 Å². The van der Waals surface area contributed by atoms with Crippen molar-refractivity contribution < 1.29 is 23.0 Å². The number of aromatic nitrogens is 3. The highest BCUT2D eigenvalue weighted by atomic mass is 19.1. The van der Waals surface area contributed by atoms with Crippen LogP contribution in [0.25, 0.3) is 0 Å². The first-order valence-corrected chi connectivity index (χ1v) is 9.65. The third-order valence-electron chi connectivity index (χ3n) is 5.18. The molecular formula is C21H18F2N4O4. The lowest BCUT2D eigenvalue weighted by Crippen LogP contribution is -2.26. The molecule has 0 radical (unpaired) electrons. The van der Waals surface area contributed by atoms with E-state index in [9.17, 15) is 13.6 Å². The Morgan fingerprint density at radius 2 is 2.03 bits per heavy atom. The van der Waals surface area contributed by atoms with E-state index < -0.39 is 23.1 Å². The average molecular weight is 428 g/mol. The maximum Gasteiger partial charge on any atom is 0.352 e. The van der Waals surface area contributed by atoms with Crippen molar-refractivity contribution in [3.05, 3.63) is 69.9 Å². The van der Waals surface area contributed by atoms with Gasteiger partial charge in [-0.3, -0.25) is 9.55 Å². The summed E-state index contributed by atoms with van der Waals surface area (Å²) in [4.78, 5) is 22.2. The quantitative estimate of drug-likeness (QED) is 0.618. The molecule has 31 heavy (non-hydrogen) atoms. The molecule has 2 aromatic heterocycles. The lowest BCUT2D eigenvalue weighted by atomic mass is 10.2. The van der Waals surface area contributed by atoms with Gasteiger partial charge < -0.3 is 19.1 Å². The van der Waals surface area contributed by atoms with Crippen LogP contribution in [0.3, 0.4) is 0 Å². The monoisotopic (exact) mass is 428 g/mol. The third-order valence-corrected chi connectivity index (χ3v) is 5.18. The fraction of sp³-hybridized carbons (Fsp3) is 0.286. The molecule has 5 rings (SSSR count). The number of hydrogen-bond acceptors (Lipinski definition) is 7. The number of halogens is 2. The van der Waals surface area contributed by atoms with Crippen LogP contribution in [0.5, 0.6) is 17.4 Å². The minimum atomic E-state index is -0.877. The fourth-order valence-corrected chi connectivity index (χ4v) is 3.64. The number of hydrogen-bond donors (Lipinski definition) is 0. The van der Waals surface area contributed by atoms with Crippen molar-refractivity contribution in [2.75, 3.05) is 18.2 Å². The van der Waals surface area contributed by atoms with Crippen LogP contribution in [0.4, 0.5) is 14.6 Å². The van der Waals surface area contributed by atoms with Crippen LogP contribution in [0.1, 0.15) is 11.3 Å². The second-order valence-corrected chi connectivity index (χ2v) is 7.38. The second-order valence-electron chi connectivity index (χ2n) is 7.38. The summed E-state index contributed by atoms with van der Waals surface area (Å²) < 4.78 is 46.7. The number of pyridine rings is 1. The van der Waals surface area contributed by atoms with Gasteiger partial charge >= 0.3 is 5.69 Å². The van der Waals surface area contributed by atoms with Crippen LogP contribution in [0, 0.1) is 18.6 Å². The van der Waals surface area contributed by atoms with Gasteiger partial charge in [-0.2, -0.15) is 4.98 Å². The van der Waals surface area contributed by atoms with E-state index in [1.807, 2.05) is 4.90 Å². The van der Waals surface area contributed by atoms with Gasteiger partial charge in [-0.1, -0.05) is 0 Å². The summed E-state index contributed by atoms with van der Waals surface area (Å²) in [7, 11) is 0. The number of anilines is 1. The molecule has 1 atom stereocenters. The molecule has 0 saturated carbocycles. The number of nitrogens with zero attached hydrogens (tertiary/aromatic N) is 4. The molecule has 2 aliphatic rings. The maximum atomic E-state index is 14.5. The molecule has 2 aliphatic heterocycles. The first-order chi connectivity index (χ1) is 15.0. The Hall–Kier alpha value is -3.53. The van der Waals surface area contributed by atoms with Crippen molar-refractivity contribution in [2.45, 2.75) is 26.1 Å². The van der Waals surface area contributed by atoms with Crippen molar-refractivity contribution in [3.8, 4) is 17.4 Å². The Morgan fingerprint density at radius 1 is 1.23 bits per heavy atom. The average Bonchev–Trinajstić information content (AvgIpc) is 3.33. The van der Waals surface area contributed by atoms with Crippen molar-refractivity contribution in [1.82, 2.24) is 14.5 Å². The molecule has 1 saturated heterocycles. The summed E-state index contributed by atoms with van der Waals surface area (Å²) in [5, 5.41) is 0. The van der Waals surface area contributed by atoms with E-state index in [0.29, 0.717) is 25.7 Å². The van der Waals surface area contributed by atoms with E-state index in [1.54, 1.807) is 29.7 Å². The summed E-state index contributed by atoms with van der Waals surface area (Å²) in [6, 6.07) is 7.21. The van der Waals surface area contributed by atoms with Crippen LogP contribution in [-0.2, 0) is 17.9 Å². The van der Waals surface area contributed by atoms with E-state index in [4.69, 9.17) is 14.2 Å². The van der Waals surface area contributed by atoms with Crippen LogP contribution in [0.2, 0.25) is 0 Å². The SMILES string of the molecule is Cc1ccc(Oc2c(F)cc(COc3cc4n(c(=O)n3)C[C@@H]3COCN43)cc2F)cn1. The van der Waals surface area contributed by atoms with Gasteiger partial charge in [0.1, 0.15) is 24.9 Å². The van der Waals surface area contributed by atoms with Crippen LogP contribution in [0.15, 0.2) is 41.3 Å². The maximum absolute atomic E-state index is 14.5. The summed E-state index contributed by atoms with van der Waals surface area (Å²) in [6.07, 6.45) is 1.39. The Balaban J connectivity index is 1.32. The zero-order valence-corrected chi connectivity index (χ0v) is 16.5. The molecule has 1 aromatic carbocycles. The molecule has 0 unspecified atom stereocenters. The van der Waals surface area contributed by atoms with Gasteiger partial charge in [0.2, 0.25) is 5.88 Å².